The number of hydrogen-bond acceptors (Lipinski definition) is 8. The van der Waals surface area contributed by atoms with Crippen LogP contribution in [0.15, 0.2) is 23.0 Å². The van der Waals surface area contributed by atoms with E-state index in [2.05, 4.69) is 10.3 Å². The number of benzene rings is 1. The highest BCUT2D eigenvalue weighted by Gasteiger charge is 2.32. The van der Waals surface area contributed by atoms with Gasteiger partial charge in [0.1, 0.15) is 12.2 Å². The SMILES string of the molecule is COc1cc(C(=O)N2CCC(C(=O)NC(C)C)CC2)c([N+](=O)[O-])cc1OCc1cscn1. The molecule has 0 saturated carbocycles. The number of aromatic nitrogens is 1. The zero-order chi connectivity index (χ0) is 23.3. The number of likely N-dealkylation sites (tertiary alicyclic amines) is 1. The van der Waals surface area contributed by atoms with Crippen molar-refractivity contribution >= 4 is 28.8 Å². The second kappa shape index (κ2) is 10.4. The molecule has 0 spiro atoms. The number of thiazole rings is 1. The smallest absolute Gasteiger partial charge is 0.286 e. The Morgan fingerprint density at radius 1 is 1.31 bits per heavy atom. The molecule has 1 aromatic heterocycles. The largest absolute Gasteiger partial charge is 0.493 e. The summed E-state index contributed by atoms with van der Waals surface area (Å²) in [6, 6.07) is 2.60. The molecule has 32 heavy (non-hydrogen) atoms. The van der Waals surface area contributed by atoms with Crippen molar-refractivity contribution in [1.29, 1.82) is 0 Å². The number of ether oxygens (including phenoxy) is 2. The summed E-state index contributed by atoms with van der Waals surface area (Å²) in [7, 11) is 1.41. The van der Waals surface area contributed by atoms with Crippen molar-refractivity contribution in [1.82, 2.24) is 15.2 Å². The highest BCUT2D eigenvalue weighted by atomic mass is 32.1. The molecule has 0 bridgehead atoms. The number of nitrogens with one attached hydrogen (secondary N) is 1. The second-order valence-electron chi connectivity index (χ2n) is 7.78. The van der Waals surface area contributed by atoms with Crippen LogP contribution in [-0.4, -0.2) is 52.9 Å². The first kappa shape index (κ1) is 23.5. The Labute approximate surface area is 189 Å². The molecule has 172 valence electrons. The molecular weight excluding hydrogens is 436 g/mol. The third-order valence-electron chi connectivity index (χ3n) is 5.15. The maximum atomic E-state index is 13.1. The minimum atomic E-state index is -0.606. The summed E-state index contributed by atoms with van der Waals surface area (Å²) >= 11 is 1.41. The van der Waals surface area contributed by atoms with Crippen LogP contribution in [0.4, 0.5) is 5.69 Å². The highest BCUT2D eigenvalue weighted by molar-refractivity contribution is 7.07. The molecule has 11 heteroatoms. The van der Waals surface area contributed by atoms with Gasteiger partial charge >= 0.3 is 0 Å². The van der Waals surface area contributed by atoms with Crippen LogP contribution < -0.4 is 14.8 Å². The Kier molecular flexibility index (Phi) is 7.62. The van der Waals surface area contributed by atoms with Crippen LogP contribution in [0.1, 0.15) is 42.7 Å². The minimum Gasteiger partial charge on any atom is -0.493 e. The topological polar surface area (TPSA) is 124 Å². The van der Waals surface area contributed by atoms with Crippen molar-refractivity contribution in [3.63, 3.8) is 0 Å². The van der Waals surface area contributed by atoms with E-state index in [1.807, 2.05) is 19.2 Å². The summed E-state index contributed by atoms with van der Waals surface area (Å²) in [5.41, 5.74) is 1.92. The molecule has 0 atom stereocenters. The summed E-state index contributed by atoms with van der Waals surface area (Å²) in [5, 5.41) is 16.4. The fraction of sp³-hybridized carbons (Fsp3) is 0.476. The standard InChI is InChI=1S/C21H26N4O6S/c1-13(2)23-20(26)14-4-6-24(7-5-14)21(27)16-8-18(30-3)19(9-17(16)25(28)29)31-10-15-11-32-12-22-15/h8-9,11-14H,4-7,10H2,1-3H3,(H,23,26). The lowest BCUT2D eigenvalue weighted by Crippen LogP contribution is -2.44. The van der Waals surface area contributed by atoms with Crippen molar-refractivity contribution in [2.24, 2.45) is 5.92 Å². The van der Waals surface area contributed by atoms with Crippen LogP contribution in [0.25, 0.3) is 0 Å². The van der Waals surface area contributed by atoms with Gasteiger partial charge in [-0.05, 0) is 26.7 Å². The normalized spacial score (nSPS) is 14.3. The van der Waals surface area contributed by atoms with Gasteiger partial charge in [0, 0.05) is 36.5 Å². The quantitative estimate of drug-likeness (QED) is 0.472. The third kappa shape index (κ3) is 5.52. The van der Waals surface area contributed by atoms with Gasteiger partial charge in [0.25, 0.3) is 11.6 Å². The van der Waals surface area contributed by atoms with E-state index in [0.29, 0.717) is 31.6 Å². The molecule has 1 aliphatic rings. The van der Waals surface area contributed by atoms with Crippen LogP contribution >= 0.6 is 11.3 Å². The van der Waals surface area contributed by atoms with E-state index in [4.69, 9.17) is 9.47 Å². The average Bonchev–Trinajstić information content (AvgIpc) is 3.30. The van der Waals surface area contributed by atoms with E-state index in [1.165, 1.54) is 35.5 Å². The molecule has 1 saturated heterocycles. The lowest BCUT2D eigenvalue weighted by molar-refractivity contribution is -0.385. The Bertz CT molecular complexity index is 971. The molecule has 3 rings (SSSR count). The van der Waals surface area contributed by atoms with Gasteiger partial charge < -0.3 is 19.7 Å². The lowest BCUT2D eigenvalue weighted by atomic mass is 9.95. The summed E-state index contributed by atoms with van der Waals surface area (Å²) in [6.07, 6.45) is 1.01. The zero-order valence-corrected chi connectivity index (χ0v) is 19.0. The highest BCUT2D eigenvalue weighted by Crippen LogP contribution is 2.36. The van der Waals surface area contributed by atoms with Crippen molar-refractivity contribution in [2.75, 3.05) is 20.2 Å². The lowest BCUT2D eigenvalue weighted by Gasteiger charge is -2.31. The fourth-order valence-corrected chi connectivity index (χ4v) is 4.06. The van der Waals surface area contributed by atoms with Gasteiger partial charge in [0.15, 0.2) is 11.5 Å². The summed E-state index contributed by atoms with van der Waals surface area (Å²) in [6.45, 7) is 4.60. The number of hydrogen-bond donors (Lipinski definition) is 1. The van der Waals surface area contributed by atoms with E-state index in [-0.39, 0.29) is 47.2 Å². The molecule has 2 amide bonds. The maximum absolute atomic E-state index is 13.1. The number of nitrogens with zero attached hydrogens (tertiary/aromatic N) is 3. The molecule has 1 aromatic carbocycles. The Hall–Kier alpha value is -3.21. The van der Waals surface area contributed by atoms with Crippen molar-refractivity contribution in [2.45, 2.75) is 39.3 Å². The number of methoxy groups -OCH3 is 1. The molecule has 1 aliphatic heterocycles. The number of carbonyl (C=O) groups excluding carboxylic acids is 2. The van der Waals surface area contributed by atoms with E-state index in [1.54, 1.807) is 5.51 Å². The monoisotopic (exact) mass is 462 g/mol. The second-order valence-corrected chi connectivity index (χ2v) is 8.49. The third-order valence-corrected chi connectivity index (χ3v) is 5.79. The molecular formula is C21H26N4O6S. The molecule has 0 radical (unpaired) electrons. The Morgan fingerprint density at radius 2 is 2.03 bits per heavy atom. The van der Waals surface area contributed by atoms with Gasteiger partial charge in [-0.1, -0.05) is 0 Å². The zero-order valence-electron chi connectivity index (χ0n) is 18.2. The Balaban J connectivity index is 1.76. The van der Waals surface area contributed by atoms with Crippen LogP contribution in [0.2, 0.25) is 0 Å². The predicted molar refractivity (Wildman–Crippen MR) is 118 cm³/mol. The number of nitro groups is 1. The Morgan fingerprint density at radius 3 is 2.59 bits per heavy atom. The van der Waals surface area contributed by atoms with E-state index >= 15 is 0 Å². The minimum absolute atomic E-state index is 0.0265. The van der Waals surface area contributed by atoms with E-state index < -0.39 is 10.8 Å². The van der Waals surface area contributed by atoms with Crippen LogP contribution in [-0.2, 0) is 11.4 Å². The van der Waals surface area contributed by atoms with Gasteiger partial charge in [0.05, 0.1) is 29.3 Å². The first-order chi connectivity index (χ1) is 15.3. The van der Waals surface area contributed by atoms with Crippen LogP contribution in [0.3, 0.4) is 0 Å². The van der Waals surface area contributed by atoms with Gasteiger partial charge in [-0.25, -0.2) is 4.98 Å². The van der Waals surface area contributed by atoms with Crippen molar-refractivity contribution in [3.8, 4) is 11.5 Å². The molecule has 10 nitrogen and oxygen atoms in total. The molecule has 0 aliphatic carbocycles. The summed E-state index contributed by atoms with van der Waals surface area (Å²) < 4.78 is 11.0. The molecule has 1 N–H and O–H groups in total. The first-order valence-corrected chi connectivity index (χ1v) is 11.2. The van der Waals surface area contributed by atoms with Crippen molar-refractivity contribution < 1.29 is 24.0 Å². The number of piperidine rings is 1. The molecule has 2 heterocycles. The number of amides is 2. The molecule has 2 aromatic rings. The van der Waals surface area contributed by atoms with Gasteiger partial charge in [-0.15, -0.1) is 11.3 Å². The molecule has 1 fully saturated rings. The van der Waals surface area contributed by atoms with E-state index in [9.17, 15) is 19.7 Å². The van der Waals surface area contributed by atoms with Crippen LogP contribution in [0, 0.1) is 16.0 Å². The van der Waals surface area contributed by atoms with Gasteiger partial charge in [-0.3, -0.25) is 19.7 Å². The van der Waals surface area contributed by atoms with E-state index in [0.717, 1.165) is 0 Å². The van der Waals surface area contributed by atoms with Gasteiger partial charge in [0.2, 0.25) is 5.91 Å². The van der Waals surface area contributed by atoms with Crippen molar-refractivity contribution in [3.05, 3.63) is 44.4 Å². The van der Waals surface area contributed by atoms with Crippen LogP contribution in [0.5, 0.6) is 11.5 Å². The molecule has 0 unspecified atom stereocenters. The summed E-state index contributed by atoms with van der Waals surface area (Å²) in [5.74, 6) is -0.286. The first-order valence-electron chi connectivity index (χ1n) is 10.3. The number of nitro benzene ring substituents is 1. The average molecular weight is 463 g/mol. The summed E-state index contributed by atoms with van der Waals surface area (Å²) in [4.78, 5) is 42.1. The number of rotatable bonds is 8. The number of carbonyl (C=O) groups is 2. The maximum Gasteiger partial charge on any atom is 0.286 e. The fourth-order valence-electron chi connectivity index (χ4n) is 3.52. The van der Waals surface area contributed by atoms with Gasteiger partial charge in [-0.2, -0.15) is 0 Å². The predicted octanol–water partition coefficient (Wildman–Crippen LogP) is 3.02.